The Morgan fingerprint density at radius 2 is 2.69 bits per heavy atom. The molecule has 1 aromatic rings. The van der Waals surface area contributed by atoms with E-state index in [9.17, 15) is 0 Å². The molecule has 4 heteroatoms. The SMILES string of the molecule is S=c1[nH]ccn1CC12COCC1C2. The third kappa shape index (κ3) is 1.09. The number of hydrogen-bond donors (Lipinski definition) is 1. The van der Waals surface area contributed by atoms with Gasteiger partial charge in [0.05, 0.1) is 13.2 Å². The highest BCUT2D eigenvalue weighted by atomic mass is 32.1. The van der Waals surface area contributed by atoms with Gasteiger partial charge in [0.1, 0.15) is 0 Å². The molecular weight excluding hydrogens is 184 g/mol. The van der Waals surface area contributed by atoms with E-state index in [0.29, 0.717) is 5.41 Å². The molecule has 2 atom stereocenters. The molecule has 1 N–H and O–H groups in total. The minimum atomic E-state index is 0.431. The molecule has 13 heavy (non-hydrogen) atoms. The van der Waals surface area contributed by atoms with Crippen molar-refractivity contribution in [3.05, 3.63) is 17.2 Å². The Morgan fingerprint density at radius 3 is 3.23 bits per heavy atom. The summed E-state index contributed by atoms with van der Waals surface area (Å²) in [5.74, 6) is 0.796. The van der Waals surface area contributed by atoms with Crippen molar-refractivity contribution in [2.24, 2.45) is 11.3 Å². The van der Waals surface area contributed by atoms with Gasteiger partial charge in [0, 0.05) is 24.4 Å². The van der Waals surface area contributed by atoms with Gasteiger partial charge in [0.25, 0.3) is 0 Å². The van der Waals surface area contributed by atoms with Crippen molar-refractivity contribution < 1.29 is 4.74 Å². The van der Waals surface area contributed by atoms with E-state index in [4.69, 9.17) is 17.0 Å². The van der Waals surface area contributed by atoms with Crippen molar-refractivity contribution >= 4 is 12.2 Å². The van der Waals surface area contributed by atoms with Crippen LogP contribution in [0.2, 0.25) is 0 Å². The molecule has 3 rings (SSSR count). The Morgan fingerprint density at radius 1 is 1.77 bits per heavy atom. The molecule has 1 aliphatic carbocycles. The molecule has 3 nitrogen and oxygen atoms in total. The van der Waals surface area contributed by atoms with E-state index < -0.39 is 0 Å². The highest BCUT2D eigenvalue weighted by molar-refractivity contribution is 7.71. The lowest BCUT2D eigenvalue weighted by Crippen LogP contribution is -2.14. The average molecular weight is 196 g/mol. The predicted octanol–water partition coefficient (Wildman–Crippen LogP) is 1.58. The van der Waals surface area contributed by atoms with Gasteiger partial charge >= 0.3 is 0 Å². The van der Waals surface area contributed by atoms with E-state index in [-0.39, 0.29) is 0 Å². The Labute approximate surface area is 81.7 Å². The molecule has 0 bridgehead atoms. The third-order valence-corrected chi connectivity index (χ3v) is 3.63. The van der Waals surface area contributed by atoms with Crippen LogP contribution in [0.25, 0.3) is 0 Å². The van der Waals surface area contributed by atoms with Gasteiger partial charge in [-0.1, -0.05) is 0 Å². The lowest BCUT2D eigenvalue weighted by molar-refractivity contribution is 0.141. The van der Waals surface area contributed by atoms with E-state index in [1.807, 2.05) is 12.4 Å². The molecule has 0 aromatic carbocycles. The summed E-state index contributed by atoms with van der Waals surface area (Å²) in [6.45, 7) is 2.91. The second-order valence-corrected chi connectivity index (χ2v) is 4.56. The average Bonchev–Trinajstić information content (AvgIpc) is 2.46. The molecule has 0 spiro atoms. The highest BCUT2D eigenvalue weighted by Crippen LogP contribution is 2.57. The van der Waals surface area contributed by atoms with Gasteiger partial charge in [-0.05, 0) is 24.6 Å². The van der Waals surface area contributed by atoms with Gasteiger partial charge in [0.2, 0.25) is 0 Å². The standard InChI is InChI=1S/C9H12N2OS/c13-8-10-1-2-11(8)5-9-3-7(9)4-12-6-9/h1-2,7H,3-6H2,(H,10,13). The van der Waals surface area contributed by atoms with Crippen molar-refractivity contribution in [1.29, 1.82) is 0 Å². The number of fused-ring (bicyclic) bond motifs is 1. The summed E-state index contributed by atoms with van der Waals surface area (Å²) in [4.78, 5) is 3.02. The molecule has 1 saturated carbocycles. The van der Waals surface area contributed by atoms with Crippen LogP contribution in [-0.2, 0) is 11.3 Å². The maximum atomic E-state index is 5.44. The summed E-state index contributed by atoms with van der Waals surface area (Å²) in [5, 5.41) is 0. The number of aromatic nitrogens is 2. The Kier molecular flexibility index (Phi) is 1.46. The van der Waals surface area contributed by atoms with E-state index >= 15 is 0 Å². The van der Waals surface area contributed by atoms with Gasteiger partial charge in [-0.25, -0.2) is 0 Å². The fourth-order valence-electron chi connectivity index (χ4n) is 2.30. The molecule has 70 valence electrons. The summed E-state index contributed by atoms with van der Waals surface area (Å²) in [7, 11) is 0. The monoisotopic (exact) mass is 196 g/mol. The Hall–Kier alpha value is -0.610. The van der Waals surface area contributed by atoms with Gasteiger partial charge in [-0.15, -0.1) is 0 Å². The first-order chi connectivity index (χ1) is 6.30. The van der Waals surface area contributed by atoms with Crippen molar-refractivity contribution in [2.45, 2.75) is 13.0 Å². The minimum Gasteiger partial charge on any atom is -0.380 e. The fourth-order valence-corrected chi connectivity index (χ4v) is 2.49. The van der Waals surface area contributed by atoms with E-state index in [1.165, 1.54) is 6.42 Å². The van der Waals surface area contributed by atoms with Crippen LogP contribution in [0, 0.1) is 16.1 Å². The normalized spacial score (nSPS) is 36.2. The lowest BCUT2D eigenvalue weighted by atomic mass is 10.1. The van der Waals surface area contributed by atoms with Crippen molar-refractivity contribution in [2.75, 3.05) is 13.2 Å². The Balaban J connectivity index is 1.84. The van der Waals surface area contributed by atoms with Gasteiger partial charge in [0.15, 0.2) is 4.77 Å². The number of nitrogens with zero attached hydrogens (tertiary/aromatic N) is 1. The lowest BCUT2D eigenvalue weighted by Gasteiger charge is -2.10. The quantitative estimate of drug-likeness (QED) is 0.728. The highest BCUT2D eigenvalue weighted by Gasteiger charge is 2.58. The van der Waals surface area contributed by atoms with E-state index in [1.54, 1.807) is 0 Å². The van der Waals surface area contributed by atoms with Crippen molar-refractivity contribution in [3.63, 3.8) is 0 Å². The first kappa shape index (κ1) is 7.76. The maximum absolute atomic E-state index is 5.44. The van der Waals surface area contributed by atoms with Gasteiger partial charge in [-0.2, -0.15) is 0 Å². The second kappa shape index (κ2) is 2.45. The fraction of sp³-hybridized carbons (Fsp3) is 0.667. The summed E-state index contributed by atoms with van der Waals surface area (Å²) >= 11 is 5.15. The smallest absolute Gasteiger partial charge is 0.177 e. The zero-order chi connectivity index (χ0) is 8.89. The van der Waals surface area contributed by atoms with Crippen LogP contribution in [0.1, 0.15) is 6.42 Å². The molecule has 0 radical (unpaired) electrons. The molecule has 2 fully saturated rings. The maximum Gasteiger partial charge on any atom is 0.177 e. The van der Waals surface area contributed by atoms with Gasteiger partial charge < -0.3 is 14.3 Å². The van der Waals surface area contributed by atoms with Crippen molar-refractivity contribution in [1.82, 2.24) is 9.55 Å². The molecule has 2 heterocycles. The predicted molar refractivity (Wildman–Crippen MR) is 51.0 cm³/mol. The molecule has 2 aliphatic rings. The summed E-state index contributed by atoms with van der Waals surface area (Å²) < 4.78 is 8.38. The molecular formula is C9H12N2OS. The van der Waals surface area contributed by atoms with Crippen LogP contribution in [0.3, 0.4) is 0 Å². The molecule has 1 aromatic heterocycles. The zero-order valence-electron chi connectivity index (χ0n) is 7.32. The molecule has 2 unspecified atom stereocenters. The minimum absolute atomic E-state index is 0.431. The first-order valence-electron chi connectivity index (χ1n) is 4.62. The van der Waals surface area contributed by atoms with Crippen LogP contribution in [0.4, 0.5) is 0 Å². The second-order valence-electron chi connectivity index (χ2n) is 4.17. The molecule has 1 aliphatic heterocycles. The molecule has 1 saturated heterocycles. The van der Waals surface area contributed by atoms with E-state index in [2.05, 4.69) is 9.55 Å². The number of imidazole rings is 1. The molecule has 0 amide bonds. The van der Waals surface area contributed by atoms with Crippen LogP contribution in [-0.4, -0.2) is 22.8 Å². The van der Waals surface area contributed by atoms with Crippen molar-refractivity contribution in [3.8, 4) is 0 Å². The largest absolute Gasteiger partial charge is 0.380 e. The van der Waals surface area contributed by atoms with E-state index in [0.717, 1.165) is 30.4 Å². The number of hydrogen-bond acceptors (Lipinski definition) is 2. The van der Waals surface area contributed by atoms with Crippen LogP contribution in [0.15, 0.2) is 12.4 Å². The zero-order valence-corrected chi connectivity index (χ0v) is 8.14. The van der Waals surface area contributed by atoms with Gasteiger partial charge in [-0.3, -0.25) is 0 Å². The Bertz CT molecular complexity index is 383. The number of H-pyrrole nitrogens is 1. The van der Waals surface area contributed by atoms with Crippen LogP contribution in [0.5, 0.6) is 0 Å². The topological polar surface area (TPSA) is 29.9 Å². The summed E-state index contributed by atoms with van der Waals surface area (Å²) in [5.41, 5.74) is 0.431. The first-order valence-corrected chi connectivity index (χ1v) is 5.03. The van der Waals surface area contributed by atoms with Crippen LogP contribution >= 0.6 is 12.2 Å². The summed E-state index contributed by atoms with van der Waals surface area (Å²) in [6, 6.07) is 0. The number of nitrogens with one attached hydrogen (secondary N) is 1. The number of rotatable bonds is 2. The van der Waals surface area contributed by atoms with Crippen LogP contribution < -0.4 is 0 Å². The third-order valence-electron chi connectivity index (χ3n) is 3.27. The number of aromatic amines is 1. The summed E-state index contributed by atoms with van der Waals surface area (Å²) in [6.07, 6.45) is 5.23. The number of ether oxygens (including phenoxy) is 1.